The molecule has 1 aromatic rings. The molecule has 0 saturated carbocycles. The van der Waals surface area contributed by atoms with Crippen molar-refractivity contribution in [2.24, 2.45) is 5.73 Å². The number of aryl methyl sites for hydroxylation is 1. The van der Waals surface area contributed by atoms with Crippen LogP contribution in [-0.2, 0) is 9.59 Å². The summed E-state index contributed by atoms with van der Waals surface area (Å²) in [5.41, 5.74) is 5.96. The SMILES string of the molecule is Cc1cccc(NC(=O)C(N)CCC(=O)O)c1F. The van der Waals surface area contributed by atoms with E-state index < -0.39 is 23.7 Å². The molecule has 1 aromatic carbocycles. The van der Waals surface area contributed by atoms with E-state index in [1.165, 1.54) is 6.07 Å². The maximum absolute atomic E-state index is 13.6. The van der Waals surface area contributed by atoms with Crippen LogP contribution in [0.15, 0.2) is 18.2 Å². The number of carbonyl (C=O) groups is 2. The first-order chi connectivity index (χ1) is 8.41. The molecule has 0 saturated heterocycles. The van der Waals surface area contributed by atoms with Crippen molar-refractivity contribution in [3.8, 4) is 0 Å². The molecule has 0 heterocycles. The third-order valence-electron chi connectivity index (χ3n) is 2.46. The van der Waals surface area contributed by atoms with Crippen LogP contribution in [0.25, 0.3) is 0 Å². The molecule has 0 aliphatic heterocycles. The highest BCUT2D eigenvalue weighted by Crippen LogP contribution is 2.17. The summed E-state index contributed by atoms with van der Waals surface area (Å²) in [4.78, 5) is 21.9. The van der Waals surface area contributed by atoms with Gasteiger partial charge in [0.1, 0.15) is 5.82 Å². The van der Waals surface area contributed by atoms with E-state index in [0.717, 1.165) is 0 Å². The average Bonchev–Trinajstić information content (AvgIpc) is 2.31. The molecule has 18 heavy (non-hydrogen) atoms. The minimum absolute atomic E-state index is 0.00853. The standard InChI is InChI=1S/C12H15FN2O3/c1-7-3-2-4-9(11(7)13)15-12(18)8(14)5-6-10(16)17/h2-4,8H,5-6,14H2,1H3,(H,15,18)(H,16,17). The van der Waals surface area contributed by atoms with Gasteiger partial charge in [-0.25, -0.2) is 4.39 Å². The van der Waals surface area contributed by atoms with Crippen LogP contribution < -0.4 is 11.1 Å². The number of nitrogens with two attached hydrogens (primary N) is 1. The van der Waals surface area contributed by atoms with E-state index >= 15 is 0 Å². The fourth-order valence-electron chi connectivity index (χ4n) is 1.38. The number of carboxylic acid groups (broad SMARTS) is 1. The smallest absolute Gasteiger partial charge is 0.303 e. The van der Waals surface area contributed by atoms with Gasteiger partial charge in [0.05, 0.1) is 11.7 Å². The largest absolute Gasteiger partial charge is 0.481 e. The van der Waals surface area contributed by atoms with Gasteiger partial charge in [-0.15, -0.1) is 0 Å². The molecule has 1 amide bonds. The summed E-state index contributed by atoms with van der Waals surface area (Å²) in [6, 6.07) is 3.64. The highest BCUT2D eigenvalue weighted by atomic mass is 19.1. The number of hydrogen-bond donors (Lipinski definition) is 3. The van der Waals surface area contributed by atoms with E-state index in [1.54, 1.807) is 19.1 Å². The van der Waals surface area contributed by atoms with Gasteiger partial charge in [-0.05, 0) is 25.0 Å². The zero-order valence-electron chi connectivity index (χ0n) is 9.94. The van der Waals surface area contributed by atoms with Gasteiger partial charge in [-0.2, -0.15) is 0 Å². The van der Waals surface area contributed by atoms with Crippen molar-refractivity contribution in [3.05, 3.63) is 29.6 Å². The Labute approximate surface area is 104 Å². The molecular weight excluding hydrogens is 239 g/mol. The van der Waals surface area contributed by atoms with Gasteiger partial charge in [0.15, 0.2) is 0 Å². The van der Waals surface area contributed by atoms with Gasteiger partial charge in [0.2, 0.25) is 5.91 Å². The van der Waals surface area contributed by atoms with Crippen LogP contribution in [-0.4, -0.2) is 23.0 Å². The molecule has 0 bridgehead atoms. The number of benzene rings is 1. The highest BCUT2D eigenvalue weighted by molar-refractivity contribution is 5.95. The molecule has 0 fully saturated rings. The summed E-state index contributed by atoms with van der Waals surface area (Å²) in [5.74, 6) is -2.14. The molecule has 0 aromatic heterocycles. The lowest BCUT2D eigenvalue weighted by Crippen LogP contribution is -2.36. The Morgan fingerprint density at radius 1 is 1.50 bits per heavy atom. The van der Waals surface area contributed by atoms with Gasteiger partial charge in [0.25, 0.3) is 0 Å². The van der Waals surface area contributed by atoms with E-state index in [9.17, 15) is 14.0 Å². The van der Waals surface area contributed by atoms with Crippen LogP contribution in [0.1, 0.15) is 18.4 Å². The molecule has 98 valence electrons. The minimum atomic E-state index is -1.03. The van der Waals surface area contributed by atoms with Gasteiger partial charge in [-0.1, -0.05) is 12.1 Å². The van der Waals surface area contributed by atoms with Crippen LogP contribution in [0, 0.1) is 12.7 Å². The van der Waals surface area contributed by atoms with Crippen molar-refractivity contribution >= 4 is 17.6 Å². The first-order valence-corrected chi connectivity index (χ1v) is 5.45. The van der Waals surface area contributed by atoms with Crippen LogP contribution in [0.2, 0.25) is 0 Å². The number of halogens is 1. The van der Waals surface area contributed by atoms with Crippen molar-refractivity contribution in [1.82, 2.24) is 0 Å². The van der Waals surface area contributed by atoms with Gasteiger partial charge in [-0.3, -0.25) is 9.59 Å². The lowest BCUT2D eigenvalue weighted by Gasteiger charge is -2.12. The minimum Gasteiger partial charge on any atom is -0.481 e. The first-order valence-electron chi connectivity index (χ1n) is 5.45. The lowest BCUT2D eigenvalue weighted by atomic mass is 10.1. The second-order valence-corrected chi connectivity index (χ2v) is 3.96. The summed E-state index contributed by atoms with van der Waals surface area (Å²) >= 11 is 0. The Morgan fingerprint density at radius 2 is 2.17 bits per heavy atom. The predicted octanol–water partition coefficient (Wildman–Crippen LogP) is 1.26. The van der Waals surface area contributed by atoms with E-state index in [1.807, 2.05) is 0 Å². The highest BCUT2D eigenvalue weighted by Gasteiger charge is 2.16. The quantitative estimate of drug-likeness (QED) is 0.737. The van der Waals surface area contributed by atoms with Crippen molar-refractivity contribution in [2.75, 3.05) is 5.32 Å². The Balaban J connectivity index is 2.64. The molecule has 4 N–H and O–H groups in total. The van der Waals surface area contributed by atoms with Gasteiger partial charge in [0, 0.05) is 6.42 Å². The monoisotopic (exact) mass is 254 g/mol. The van der Waals surface area contributed by atoms with Gasteiger partial charge < -0.3 is 16.2 Å². The third-order valence-corrected chi connectivity index (χ3v) is 2.46. The van der Waals surface area contributed by atoms with Crippen molar-refractivity contribution in [3.63, 3.8) is 0 Å². The number of aliphatic carboxylic acids is 1. The fraction of sp³-hybridized carbons (Fsp3) is 0.333. The second-order valence-electron chi connectivity index (χ2n) is 3.96. The lowest BCUT2D eigenvalue weighted by molar-refractivity contribution is -0.137. The molecule has 5 nitrogen and oxygen atoms in total. The van der Waals surface area contributed by atoms with Gasteiger partial charge >= 0.3 is 5.97 Å². The fourth-order valence-corrected chi connectivity index (χ4v) is 1.38. The Morgan fingerprint density at radius 3 is 2.78 bits per heavy atom. The first kappa shape index (κ1) is 14.1. The Kier molecular flexibility index (Phi) is 4.79. The Hall–Kier alpha value is -1.95. The maximum atomic E-state index is 13.6. The second kappa shape index (κ2) is 6.11. The molecule has 0 radical (unpaired) electrons. The average molecular weight is 254 g/mol. The molecule has 1 rings (SSSR count). The third kappa shape index (κ3) is 3.81. The van der Waals surface area contributed by atoms with E-state index in [2.05, 4.69) is 5.32 Å². The molecular formula is C12H15FN2O3. The number of carbonyl (C=O) groups excluding carboxylic acids is 1. The van der Waals surface area contributed by atoms with E-state index in [-0.39, 0.29) is 18.5 Å². The van der Waals surface area contributed by atoms with Crippen LogP contribution in [0.3, 0.4) is 0 Å². The summed E-state index contributed by atoms with van der Waals surface area (Å²) in [7, 11) is 0. The predicted molar refractivity (Wildman–Crippen MR) is 64.6 cm³/mol. The zero-order chi connectivity index (χ0) is 13.7. The summed E-state index contributed by atoms with van der Waals surface area (Å²) < 4.78 is 13.6. The normalized spacial score (nSPS) is 11.9. The number of hydrogen-bond acceptors (Lipinski definition) is 3. The van der Waals surface area contributed by atoms with E-state index in [0.29, 0.717) is 5.56 Å². The van der Waals surface area contributed by atoms with Crippen molar-refractivity contribution in [2.45, 2.75) is 25.8 Å². The summed E-state index contributed by atoms with van der Waals surface area (Å²) in [5, 5.41) is 10.8. The summed E-state index contributed by atoms with van der Waals surface area (Å²) in [6.45, 7) is 1.58. The van der Waals surface area contributed by atoms with Crippen LogP contribution >= 0.6 is 0 Å². The number of amides is 1. The summed E-state index contributed by atoms with van der Waals surface area (Å²) in [6.07, 6.45) is -0.195. The molecule has 0 aliphatic rings. The number of rotatable bonds is 5. The molecule has 1 unspecified atom stereocenters. The number of anilines is 1. The van der Waals surface area contributed by atoms with Crippen LogP contribution in [0.5, 0.6) is 0 Å². The zero-order valence-corrected chi connectivity index (χ0v) is 9.94. The topological polar surface area (TPSA) is 92.4 Å². The van der Waals surface area contributed by atoms with E-state index in [4.69, 9.17) is 10.8 Å². The van der Waals surface area contributed by atoms with Crippen LogP contribution in [0.4, 0.5) is 10.1 Å². The number of nitrogens with one attached hydrogen (secondary N) is 1. The van der Waals surface area contributed by atoms with Crippen molar-refractivity contribution < 1.29 is 19.1 Å². The maximum Gasteiger partial charge on any atom is 0.303 e. The molecule has 0 aliphatic carbocycles. The molecule has 1 atom stereocenters. The van der Waals surface area contributed by atoms with Crippen molar-refractivity contribution in [1.29, 1.82) is 0 Å². The number of carboxylic acids is 1. The molecule has 0 spiro atoms. The molecule has 6 heteroatoms. The Bertz CT molecular complexity index is 463.